The van der Waals surface area contributed by atoms with E-state index in [1.807, 2.05) is 40.7 Å². The van der Waals surface area contributed by atoms with Crippen molar-refractivity contribution in [3.8, 4) is 23.0 Å². The number of benzene rings is 1. The van der Waals surface area contributed by atoms with Crippen LogP contribution in [-0.2, 0) is 7.05 Å². The van der Waals surface area contributed by atoms with Gasteiger partial charge in [0.2, 0.25) is 0 Å². The summed E-state index contributed by atoms with van der Waals surface area (Å²) in [6.07, 6.45) is 5.55. The SMILES string of the molecule is Cn1cccc1-c1cn(-c2ccc(C(=O)O)cc2)cc1C#N. The second-order valence-electron chi connectivity index (χ2n) is 4.96. The van der Waals surface area contributed by atoms with Crippen molar-refractivity contribution in [1.29, 1.82) is 5.26 Å². The fourth-order valence-electron chi connectivity index (χ4n) is 2.41. The summed E-state index contributed by atoms with van der Waals surface area (Å²) >= 11 is 0. The molecule has 0 unspecified atom stereocenters. The van der Waals surface area contributed by atoms with Gasteiger partial charge in [-0.15, -0.1) is 0 Å². The van der Waals surface area contributed by atoms with Gasteiger partial charge in [-0.25, -0.2) is 4.79 Å². The minimum Gasteiger partial charge on any atom is -0.478 e. The maximum absolute atomic E-state index is 10.9. The maximum Gasteiger partial charge on any atom is 0.335 e. The molecule has 0 amide bonds. The average molecular weight is 291 g/mol. The number of hydrogen-bond acceptors (Lipinski definition) is 2. The highest BCUT2D eigenvalue weighted by Gasteiger charge is 2.12. The van der Waals surface area contributed by atoms with Crippen molar-refractivity contribution < 1.29 is 9.90 Å². The third-order valence-electron chi connectivity index (χ3n) is 3.58. The maximum atomic E-state index is 10.9. The van der Waals surface area contributed by atoms with Gasteiger partial charge in [-0.3, -0.25) is 0 Å². The molecular formula is C17H13N3O2. The molecule has 0 atom stereocenters. The van der Waals surface area contributed by atoms with Crippen LogP contribution >= 0.6 is 0 Å². The minimum absolute atomic E-state index is 0.235. The van der Waals surface area contributed by atoms with Crippen LogP contribution in [0.5, 0.6) is 0 Å². The van der Waals surface area contributed by atoms with E-state index in [-0.39, 0.29) is 5.56 Å². The van der Waals surface area contributed by atoms with Crippen LogP contribution in [0.25, 0.3) is 16.9 Å². The van der Waals surface area contributed by atoms with Crippen molar-refractivity contribution in [2.45, 2.75) is 0 Å². The first kappa shape index (κ1) is 13.7. The number of nitrogens with zero attached hydrogens (tertiary/aromatic N) is 3. The highest BCUT2D eigenvalue weighted by atomic mass is 16.4. The number of aryl methyl sites for hydroxylation is 1. The van der Waals surface area contributed by atoms with Gasteiger partial charge in [-0.2, -0.15) is 5.26 Å². The average Bonchev–Trinajstić information content (AvgIpc) is 3.12. The van der Waals surface area contributed by atoms with Crippen molar-refractivity contribution >= 4 is 5.97 Å². The smallest absolute Gasteiger partial charge is 0.335 e. The molecule has 0 fully saturated rings. The summed E-state index contributed by atoms with van der Waals surface area (Å²) in [5.41, 5.74) is 3.42. The summed E-state index contributed by atoms with van der Waals surface area (Å²) in [4.78, 5) is 10.9. The normalized spacial score (nSPS) is 10.4. The molecule has 3 aromatic rings. The molecule has 2 aromatic heterocycles. The van der Waals surface area contributed by atoms with Crippen molar-refractivity contribution in [3.05, 3.63) is 66.1 Å². The number of nitriles is 1. The van der Waals surface area contributed by atoms with Crippen molar-refractivity contribution in [2.75, 3.05) is 0 Å². The van der Waals surface area contributed by atoms with Gasteiger partial charge < -0.3 is 14.2 Å². The number of aromatic carboxylic acids is 1. The van der Waals surface area contributed by atoms with E-state index < -0.39 is 5.97 Å². The molecule has 0 spiro atoms. The quantitative estimate of drug-likeness (QED) is 0.806. The number of carboxylic acid groups (broad SMARTS) is 1. The van der Waals surface area contributed by atoms with Crippen LogP contribution in [0.3, 0.4) is 0 Å². The molecule has 0 bridgehead atoms. The Morgan fingerprint density at radius 3 is 2.45 bits per heavy atom. The van der Waals surface area contributed by atoms with Crippen molar-refractivity contribution in [2.24, 2.45) is 7.05 Å². The molecule has 0 saturated heterocycles. The lowest BCUT2D eigenvalue weighted by Crippen LogP contribution is -1.97. The van der Waals surface area contributed by atoms with Crippen LogP contribution in [0.2, 0.25) is 0 Å². The Hall–Kier alpha value is -3.26. The molecule has 0 aliphatic heterocycles. The summed E-state index contributed by atoms with van der Waals surface area (Å²) in [5, 5.41) is 18.3. The third-order valence-corrected chi connectivity index (χ3v) is 3.58. The van der Waals surface area contributed by atoms with Gasteiger partial charge in [-0.05, 0) is 36.4 Å². The zero-order valence-corrected chi connectivity index (χ0v) is 11.9. The highest BCUT2D eigenvalue weighted by molar-refractivity contribution is 5.87. The molecule has 0 aliphatic carbocycles. The molecule has 5 heteroatoms. The van der Waals surface area contributed by atoms with E-state index in [1.54, 1.807) is 30.5 Å². The lowest BCUT2D eigenvalue weighted by atomic mass is 10.1. The summed E-state index contributed by atoms with van der Waals surface area (Å²) in [6.45, 7) is 0. The van der Waals surface area contributed by atoms with E-state index >= 15 is 0 Å². The van der Waals surface area contributed by atoms with Gasteiger partial charge in [-0.1, -0.05) is 0 Å². The van der Waals surface area contributed by atoms with Crippen LogP contribution in [0.1, 0.15) is 15.9 Å². The predicted molar refractivity (Wildman–Crippen MR) is 81.9 cm³/mol. The first-order valence-corrected chi connectivity index (χ1v) is 6.67. The topological polar surface area (TPSA) is 70.9 Å². The Morgan fingerprint density at radius 2 is 1.91 bits per heavy atom. The highest BCUT2D eigenvalue weighted by Crippen LogP contribution is 2.26. The molecule has 1 aromatic carbocycles. The molecule has 0 saturated carbocycles. The van der Waals surface area contributed by atoms with E-state index in [2.05, 4.69) is 6.07 Å². The Balaban J connectivity index is 2.06. The standard InChI is InChI=1S/C17H13N3O2/c1-19-8-2-3-16(19)15-11-20(10-13(15)9-18)14-6-4-12(5-7-14)17(21)22/h2-8,10-11H,1H3,(H,21,22). The first-order valence-electron chi connectivity index (χ1n) is 6.67. The fraction of sp³-hybridized carbons (Fsp3) is 0.0588. The molecule has 22 heavy (non-hydrogen) atoms. The van der Waals surface area contributed by atoms with Crippen LogP contribution in [-0.4, -0.2) is 20.2 Å². The van der Waals surface area contributed by atoms with Gasteiger partial charge in [0.25, 0.3) is 0 Å². The number of carbonyl (C=O) groups is 1. The van der Waals surface area contributed by atoms with Crippen LogP contribution in [0.4, 0.5) is 0 Å². The molecule has 0 aliphatic rings. The lowest BCUT2D eigenvalue weighted by Gasteiger charge is -2.03. The number of carboxylic acids is 1. The summed E-state index contributed by atoms with van der Waals surface area (Å²) in [6, 6.07) is 12.6. The second-order valence-corrected chi connectivity index (χ2v) is 4.96. The second kappa shape index (κ2) is 5.26. The Bertz CT molecular complexity index is 880. The monoisotopic (exact) mass is 291 g/mol. The van der Waals surface area contributed by atoms with Crippen LogP contribution in [0, 0.1) is 11.3 Å². The number of rotatable bonds is 3. The Morgan fingerprint density at radius 1 is 1.18 bits per heavy atom. The van der Waals surface area contributed by atoms with E-state index in [0.29, 0.717) is 5.56 Å². The molecule has 0 radical (unpaired) electrons. The zero-order valence-electron chi connectivity index (χ0n) is 11.9. The van der Waals surface area contributed by atoms with Gasteiger partial charge in [0.05, 0.1) is 16.8 Å². The van der Waals surface area contributed by atoms with Crippen molar-refractivity contribution in [3.63, 3.8) is 0 Å². The molecule has 2 heterocycles. The molecule has 1 N–H and O–H groups in total. The largest absolute Gasteiger partial charge is 0.478 e. The lowest BCUT2D eigenvalue weighted by molar-refractivity contribution is 0.0697. The summed E-state index contributed by atoms with van der Waals surface area (Å²) in [5.74, 6) is -0.957. The van der Waals surface area contributed by atoms with Crippen molar-refractivity contribution in [1.82, 2.24) is 9.13 Å². The molecular weight excluding hydrogens is 278 g/mol. The third kappa shape index (κ3) is 2.27. The number of aromatic nitrogens is 2. The van der Waals surface area contributed by atoms with Gasteiger partial charge in [0.15, 0.2) is 0 Å². The minimum atomic E-state index is -0.957. The summed E-state index contributed by atoms with van der Waals surface area (Å²) in [7, 11) is 1.93. The number of hydrogen-bond donors (Lipinski definition) is 1. The van der Waals surface area contributed by atoms with E-state index in [4.69, 9.17) is 5.11 Å². The van der Waals surface area contributed by atoms with E-state index in [9.17, 15) is 10.1 Å². The fourth-order valence-corrected chi connectivity index (χ4v) is 2.41. The molecule has 3 rings (SSSR count). The predicted octanol–water partition coefficient (Wildman–Crippen LogP) is 3.05. The van der Waals surface area contributed by atoms with E-state index in [1.165, 1.54) is 0 Å². The molecule has 108 valence electrons. The van der Waals surface area contributed by atoms with Gasteiger partial charge >= 0.3 is 5.97 Å². The first-order chi connectivity index (χ1) is 10.6. The molecule has 5 nitrogen and oxygen atoms in total. The zero-order chi connectivity index (χ0) is 15.7. The summed E-state index contributed by atoms with van der Waals surface area (Å²) < 4.78 is 3.78. The van der Waals surface area contributed by atoms with Crippen LogP contribution < -0.4 is 0 Å². The van der Waals surface area contributed by atoms with Gasteiger partial charge in [0, 0.05) is 36.9 Å². The van der Waals surface area contributed by atoms with E-state index in [0.717, 1.165) is 16.9 Å². The van der Waals surface area contributed by atoms with Crippen LogP contribution in [0.15, 0.2) is 55.0 Å². The van der Waals surface area contributed by atoms with Gasteiger partial charge in [0.1, 0.15) is 6.07 Å². The Labute approximate surface area is 127 Å². The Kier molecular flexibility index (Phi) is 3.28.